The predicted octanol–water partition coefficient (Wildman–Crippen LogP) is 3.10. The highest BCUT2D eigenvalue weighted by atomic mass is 16.5. The third kappa shape index (κ3) is 6.23. The van der Waals surface area contributed by atoms with Crippen LogP contribution >= 0.6 is 0 Å². The van der Waals surface area contributed by atoms with Gasteiger partial charge in [0.1, 0.15) is 5.75 Å². The van der Waals surface area contributed by atoms with Gasteiger partial charge in [0.05, 0.1) is 11.6 Å². The molecule has 2 aromatic carbocycles. The summed E-state index contributed by atoms with van der Waals surface area (Å²) in [7, 11) is 0. The highest BCUT2D eigenvalue weighted by Gasteiger charge is 2.05. The molecule has 0 saturated carbocycles. The number of ether oxygens (including phenoxy) is 1. The van der Waals surface area contributed by atoms with Crippen LogP contribution < -0.4 is 10.1 Å². The largest absolute Gasteiger partial charge is 0.484 e. The van der Waals surface area contributed by atoms with Gasteiger partial charge in [-0.2, -0.15) is 5.26 Å². The molecule has 0 bridgehead atoms. The summed E-state index contributed by atoms with van der Waals surface area (Å²) in [5.41, 5.74) is 2.88. The Hall–Kier alpha value is -2.84. The first-order valence-electron chi connectivity index (χ1n) is 8.84. The van der Waals surface area contributed by atoms with Crippen molar-refractivity contribution < 1.29 is 9.53 Å². The topological polar surface area (TPSA) is 65.4 Å². The number of benzene rings is 2. The molecular weight excluding hydrogens is 326 g/mol. The highest BCUT2D eigenvalue weighted by molar-refractivity contribution is 5.77. The van der Waals surface area contributed by atoms with Crippen LogP contribution in [-0.4, -0.2) is 30.5 Å². The Kier molecular flexibility index (Phi) is 7.66. The Bertz CT molecular complexity index is 747. The van der Waals surface area contributed by atoms with E-state index in [1.54, 1.807) is 24.3 Å². The van der Waals surface area contributed by atoms with Crippen LogP contribution in [0.3, 0.4) is 0 Å². The molecule has 0 heterocycles. The van der Waals surface area contributed by atoms with Crippen molar-refractivity contribution in [2.75, 3.05) is 19.7 Å². The van der Waals surface area contributed by atoms with Crippen LogP contribution in [0.2, 0.25) is 0 Å². The second-order valence-corrected chi connectivity index (χ2v) is 5.98. The Morgan fingerprint density at radius 2 is 1.81 bits per heavy atom. The van der Waals surface area contributed by atoms with E-state index in [4.69, 9.17) is 10.00 Å². The molecule has 5 nitrogen and oxygen atoms in total. The van der Waals surface area contributed by atoms with Crippen molar-refractivity contribution in [3.05, 3.63) is 65.2 Å². The molecule has 26 heavy (non-hydrogen) atoms. The highest BCUT2D eigenvalue weighted by Crippen LogP contribution is 2.11. The number of hydrogen-bond acceptors (Lipinski definition) is 4. The summed E-state index contributed by atoms with van der Waals surface area (Å²) in [5.74, 6) is 0.392. The Balaban J connectivity index is 1.80. The first-order valence-corrected chi connectivity index (χ1v) is 8.84. The summed E-state index contributed by atoms with van der Waals surface area (Å²) in [6.45, 7) is 7.68. The van der Waals surface area contributed by atoms with E-state index in [1.807, 2.05) is 18.2 Å². The van der Waals surface area contributed by atoms with Crippen molar-refractivity contribution in [3.8, 4) is 11.8 Å². The van der Waals surface area contributed by atoms with Gasteiger partial charge in [-0.25, -0.2) is 0 Å². The van der Waals surface area contributed by atoms with E-state index in [0.29, 0.717) is 17.9 Å². The number of nitrogens with one attached hydrogen (secondary N) is 1. The lowest BCUT2D eigenvalue weighted by Gasteiger charge is -2.18. The molecule has 0 aliphatic rings. The van der Waals surface area contributed by atoms with Crippen LogP contribution in [0.25, 0.3) is 0 Å². The molecule has 0 radical (unpaired) electrons. The van der Waals surface area contributed by atoms with Gasteiger partial charge >= 0.3 is 0 Å². The molecule has 0 aliphatic carbocycles. The fourth-order valence-corrected chi connectivity index (χ4v) is 2.57. The zero-order valence-electron chi connectivity index (χ0n) is 15.4. The van der Waals surface area contributed by atoms with Crippen LogP contribution in [0.1, 0.15) is 30.5 Å². The van der Waals surface area contributed by atoms with E-state index in [0.717, 1.165) is 25.2 Å². The number of rotatable bonds is 9. The summed E-state index contributed by atoms with van der Waals surface area (Å²) in [4.78, 5) is 14.3. The third-order valence-corrected chi connectivity index (χ3v) is 4.14. The normalized spacial score (nSPS) is 10.4. The van der Waals surface area contributed by atoms with Crippen molar-refractivity contribution in [2.24, 2.45) is 0 Å². The zero-order valence-corrected chi connectivity index (χ0v) is 15.4. The predicted molar refractivity (Wildman–Crippen MR) is 102 cm³/mol. The third-order valence-electron chi connectivity index (χ3n) is 4.14. The maximum Gasteiger partial charge on any atom is 0.258 e. The number of carbonyl (C=O) groups is 1. The van der Waals surface area contributed by atoms with E-state index in [1.165, 1.54) is 5.56 Å². The fourth-order valence-electron chi connectivity index (χ4n) is 2.57. The van der Waals surface area contributed by atoms with Crippen LogP contribution in [0.5, 0.6) is 5.75 Å². The maximum atomic E-state index is 12.0. The lowest BCUT2D eigenvalue weighted by atomic mass is 10.1. The van der Waals surface area contributed by atoms with Crippen molar-refractivity contribution in [1.29, 1.82) is 5.26 Å². The van der Waals surface area contributed by atoms with Crippen LogP contribution in [0.4, 0.5) is 0 Å². The summed E-state index contributed by atoms with van der Waals surface area (Å²) in [6, 6.07) is 17.0. The molecule has 0 saturated heterocycles. The quantitative estimate of drug-likeness (QED) is 0.754. The van der Waals surface area contributed by atoms with E-state index in [2.05, 4.69) is 36.2 Å². The van der Waals surface area contributed by atoms with Gasteiger partial charge in [0.25, 0.3) is 5.91 Å². The van der Waals surface area contributed by atoms with Crippen molar-refractivity contribution in [3.63, 3.8) is 0 Å². The zero-order chi connectivity index (χ0) is 18.8. The van der Waals surface area contributed by atoms with Gasteiger partial charge in [-0.3, -0.25) is 9.69 Å². The summed E-state index contributed by atoms with van der Waals surface area (Å²) in [6.07, 6.45) is 0. The van der Waals surface area contributed by atoms with E-state index >= 15 is 0 Å². The van der Waals surface area contributed by atoms with Crippen LogP contribution in [0, 0.1) is 11.3 Å². The van der Waals surface area contributed by atoms with Gasteiger partial charge in [-0.15, -0.1) is 0 Å². The Labute approximate surface area is 155 Å². The minimum atomic E-state index is -0.177. The number of nitriles is 1. The molecule has 1 amide bonds. The molecule has 1 N–H and O–H groups in total. The van der Waals surface area contributed by atoms with Crippen LogP contribution in [-0.2, 0) is 17.9 Å². The lowest BCUT2D eigenvalue weighted by Crippen LogP contribution is -2.28. The van der Waals surface area contributed by atoms with E-state index in [9.17, 15) is 4.79 Å². The molecule has 0 unspecified atom stereocenters. The molecular formula is C21H25N3O2. The van der Waals surface area contributed by atoms with Gasteiger partial charge in [0.15, 0.2) is 6.61 Å². The monoisotopic (exact) mass is 351 g/mol. The number of nitrogens with zero attached hydrogens (tertiary/aromatic N) is 2. The summed E-state index contributed by atoms with van der Waals surface area (Å²) < 4.78 is 5.43. The Morgan fingerprint density at radius 1 is 1.12 bits per heavy atom. The summed E-state index contributed by atoms with van der Waals surface area (Å²) in [5, 5.41) is 11.6. The molecule has 2 rings (SSSR count). The molecule has 136 valence electrons. The molecule has 0 fully saturated rings. The molecule has 0 spiro atoms. The number of carbonyl (C=O) groups excluding carboxylic acids is 1. The minimum Gasteiger partial charge on any atom is -0.484 e. The van der Waals surface area contributed by atoms with Crippen molar-refractivity contribution >= 4 is 5.91 Å². The first-order chi connectivity index (χ1) is 12.6. The summed E-state index contributed by atoms with van der Waals surface area (Å²) >= 11 is 0. The number of hydrogen-bond donors (Lipinski definition) is 1. The number of amides is 1. The van der Waals surface area contributed by atoms with Gasteiger partial charge in [0.2, 0.25) is 0 Å². The van der Waals surface area contributed by atoms with Crippen molar-refractivity contribution in [2.45, 2.75) is 26.9 Å². The molecule has 5 heteroatoms. The SMILES string of the molecule is CCN(CC)Cc1cccc(CNC(=O)COc2ccc(C#N)cc2)c1. The minimum absolute atomic E-state index is 0.0506. The second kappa shape index (κ2) is 10.2. The first kappa shape index (κ1) is 19.5. The van der Waals surface area contributed by atoms with E-state index < -0.39 is 0 Å². The molecule has 2 aromatic rings. The maximum absolute atomic E-state index is 12.0. The fraction of sp³-hybridized carbons (Fsp3) is 0.333. The average molecular weight is 351 g/mol. The smallest absolute Gasteiger partial charge is 0.258 e. The van der Waals surface area contributed by atoms with Crippen molar-refractivity contribution in [1.82, 2.24) is 10.2 Å². The van der Waals surface area contributed by atoms with E-state index in [-0.39, 0.29) is 12.5 Å². The molecule has 0 aliphatic heterocycles. The average Bonchev–Trinajstić information content (AvgIpc) is 2.69. The lowest BCUT2D eigenvalue weighted by molar-refractivity contribution is -0.123. The van der Waals surface area contributed by atoms with Gasteiger partial charge < -0.3 is 10.1 Å². The van der Waals surface area contributed by atoms with Gasteiger partial charge in [0, 0.05) is 13.1 Å². The van der Waals surface area contributed by atoms with Gasteiger partial charge in [-0.05, 0) is 48.5 Å². The standard InChI is InChI=1S/C21H25N3O2/c1-3-24(4-2)15-19-7-5-6-18(12-19)14-23-21(25)16-26-20-10-8-17(13-22)9-11-20/h5-12H,3-4,14-16H2,1-2H3,(H,23,25). The van der Waals surface area contributed by atoms with Gasteiger partial charge in [-0.1, -0.05) is 38.1 Å². The second-order valence-electron chi connectivity index (χ2n) is 5.98. The Morgan fingerprint density at radius 3 is 2.46 bits per heavy atom. The van der Waals surface area contributed by atoms with Crippen LogP contribution in [0.15, 0.2) is 48.5 Å². The molecule has 0 aromatic heterocycles. The molecule has 0 atom stereocenters.